The molecule has 3 aliphatic heterocycles. The molecule has 3 fully saturated rings. The standard InChI is InChI=1S/C14H28N4O3/c1-19-7-11-5-18(12-8-20-9-12)13(6-17(11)10-15)14-4-16-2-3-21-14/h11-14,16H,2-10,15H2,1H3. The number of nitrogens with zero attached hydrogens (tertiary/aromatic N) is 2. The maximum absolute atomic E-state index is 6.01. The second-order valence-corrected chi connectivity index (χ2v) is 6.13. The summed E-state index contributed by atoms with van der Waals surface area (Å²) in [5, 5.41) is 3.44. The van der Waals surface area contributed by atoms with E-state index in [4.69, 9.17) is 19.9 Å². The molecule has 0 aromatic rings. The minimum absolute atomic E-state index is 0.233. The molecule has 0 bridgehead atoms. The summed E-state index contributed by atoms with van der Waals surface area (Å²) in [6.07, 6.45) is 0.233. The number of hydrogen-bond acceptors (Lipinski definition) is 7. The van der Waals surface area contributed by atoms with Crippen LogP contribution >= 0.6 is 0 Å². The molecule has 0 aliphatic carbocycles. The van der Waals surface area contributed by atoms with Gasteiger partial charge in [-0.3, -0.25) is 9.80 Å². The summed E-state index contributed by atoms with van der Waals surface area (Å²) in [6.45, 7) is 7.53. The summed E-state index contributed by atoms with van der Waals surface area (Å²) in [5.74, 6) is 0. The highest BCUT2D eigenvalue weighted by atomic mass is 16.5. The Labute approximate surface area is 126 Å². The van der Waals surface area contributed by atoms with Gasteiger partial charge in [-0.1, -0.05) is 0 Å². The first-order chi connectivity index (χ1) is 10.3. The second kappa shape index (κ2) is 7.32. The van der Waals surface area contributed by atoms with Crippen molar-refractivity contribution >= 4 is 0 Å². The zero-order valence-electron chi connectivity index (χ0n) is 12.9. The molecule has 0 aromatic heterocycles. The average molecular weight is 300 g/mol. The van der Waals surface area contributed by atoms with Gasteiger partial charge in [0, 0.05) is 46.0 Å². The lowest BCUT2D eigenvalue weighted by molar-refractivity contribution is -0.145. The van der Waals surface area contributed by atoms with Crippen molar-refractivity contribution in [1.29, 1.82) is 0 Å². The van der Waals surface area contributed by atoms with Crippen LogP contribution in [0.1, 0.15) is 0 Å². The van der Waals surface area contributed by atoms with Gasteiger partial charge in [-0.25, -0.2) is 0 Å². The molecular formula is C14H28N4O3. The fourth-order valence-electron chi connectivity index (χ4n) is 3.56. The van der Waals surface area contributed by atoms with Gasteiger partial charge < -0.3 is 25.3 Å². The Kier molecular flexibility index (Phi) is 5.44. The van der Waals surface area contributed by atoms with Gasteiger partial charge in [-0.05, 0) is 0 Å². The van der Waals surface area contributed by atoms with E-state index < -0.39 is 0 Å². The highest BCUT2D eigenvalue weighted by Gasteiger charge is 2.43. The number of nitrogens with two attached hydrogens (primary N) is 1. The van der Waals surface area contributed by atoms with Crippen molar-refractivity contribution in [2.75, 3.05) is 66.4 Å². The van der Waals surface area contributed by atoms with Crippen LogP contribution in [0.3, 0.4) is 0 Å². The monoisotopic (exact) mass is 300 g/mol. The normalized spacial score (nSPS) is 36.6. The third-order valence-corrected chi connectivity index (χ3v) is 4.85. The van der Waals surface area contributed by atoms with E-state index >= 15 is 0 Å². The Morgan fingerprint density at radius 2 is 2.19 bits per heavy atom. The first-order valence-corrected chi connectivity index (χ1v) is 7.92. The van der Waals surface area contributed by atoms with E-state index in [1.807, 2.05) is 0 Å². The molecule has 3 saturated heterocycles. The van der Waals surface area contributed by atoms with E-state index in [1.165, 1.54) is 0 Å². The summed E-state index contributed by atoms with van der Waals surface area (Å²) in [5.41, 5.74) is 5.95. The molecule has 0 aromatic carbocycles. The van der Waals surface area contributed by atoms with Crippen LogP contribution in [0.15, 0.2) is 0 Å². The molecule has 0 radical (unpaired) electrons. The maximum atomic E-state index is 6.01. The molecule has 3 unspecified atom stereocenters. The molecule has 3 rings (SSSR count). The van der Waals surface area contributed by atoms with Crippen LogP contribution < -0.4 is 11.1 Å². The lowest BCUT2D eigenvalue weighted by Gasteiger charge is -2.53. The summed E-state index contributed by atoms with van der Waals surface area (Å²) < 4.78 is 16.8. The molecule has 0 saturated carbocycles. The van der Waals surface area contributed by atoms with Crippen LogP contribution in [0.4, 0.5) is 0 Å². The van der Waals surface area contributed by atoms with Crippen molar-refractivity contribution < 1.29 is 14.2 Å². The third kappa shape index (κ3) is 3.39. The summed E-state index contributed by atoms with van der Waals surface area (Å²) in [4.78, 5) is 4.89. The van der Waals surface area contributed by atoms with Gasteiger partial charge in [0.05, 0.1) is 44.6 Å². The van der Waals surface area contributed by atoms with Crippen LogP contribution in [-0.2, 0) is 14.2 Å². The van der Waals surface area contributed by atoms with E-state index in [0.29, 0.717) is 24.8 Å². The number of piperazine rings is 1. The predicted octanol–water partition coefficient (Wildman–Crippen LogP) is -1.71. The summed E-state index contributed by atoms with van der Waals surface area (Å²) >= 11 is 0. The Bertz CT molecular complexity index is 323. The Balaban J connectivity index is 1.71. The van der Waals surface area contributed by atoms with Gasteiger partial charge in [0.25, 0.3) is 0 Å². The van der Waals surface area contributed by atoms with Gasteiger partial charge in [0.15, 0.2) is 0 Å². The number of nitrogens with one attached hydrogen (secondary N) is 1. The van der Waals surface area contributed by atoms with Crippen molar-refractivity contribution in [3.63, 3.8) is 0 Å². The molecular weight excluding hydrogens is 272 g/mol. The smallest absolute Gasteiger partial charge is 0.0867 e. The van der Waals surface area contributed by atoms with Crippen LogP contribution in [0.2, 0.25) is 0 Å². The highest BCUT2D eigenvalue weighted by molar-refractivity contribution is 4.97. The van der Waals surface area contributed by atoms with Crippen molar-refractivity contribution in [3.05, 3.63) is 0 Å². The molecule has 3 atom stereocenters. The number of morpholine rings is 1. The molecule has 7 heteroatoms. The lowest BCUT2D eigenvalue weighted by atomic mass is 9.98. The van der Waals surface area contributed by atoms with Crippen molar-refractivity contribution in [1.82, 2.24) is 15.1 Å². The van der Waals surface area contributed by atoms with Gasteiger partial charge in [0.1, 0.15) is 0 Å². The van der Waals surface area contributed by atoms with Crippen LogP contribution in [0, 0.1) is 0 Å². The largest absolute Gasteiger partial charge is 0.383 e. The van der Waals surface area contributed by atoms with Gasteiger partial charge >= 0.3 is 0 Å². The molecule has 3 aliphatic rings. The minimum atomic E-state index is 0.233. The SMILES string of the molecule is COCC1CN(C2COC2)C(C2CNCCO2)CN1CN. The summed E-state index contributed by atoms with van der Waals surface area (Å²) in [7, 11) is 1.76. The van der Waals surface area contributed by atoms with E-state index in [2.05, 4.69) is 15.1 Å². The zero-order chi connectivity index (χ0) is 14.7. The van der Waals surface area contributed by atoms with Gasteiger partial charge in [-0.15, -0.1) is 0 Å². The predicted molar refractivity (Wildman–Crippen MR) is 79.1 cm³/mol. The van der Waals surface area contributed by atoms with Crippen LogP contribution in [-0.4, -0.2) is 100 Å². The fourth-order valence-corrected chi connectivity index (χ4v) is 3.56. The lowest BCUT2D eigenvalue weighted by Crippen LogP contribution is -2.70. The molecule has 0 spiro atoms. The fraction of sp³-hybridized carbons (Fsp3) is 1.00. The maximum Gasteiger partial charge on any atom is 0.0867 e. The quantitative estimate of drug-likeness (QED) is 0.626. The number of rotatable bonds is 5. The Morgan fingerprint density at radius 3 is 2.76 bits per heavy atom. The number of hydrogen-bond donors (Lipinski definition) is 2. The topological polar surface area (TPSA) is 72.2 Å². The number of ether oxygens (including phenoxy) is 3. The zero-order valence-corrected chi connectivity index (χ0v) is 12.9. The third-order valence-electron chi connectivity index (χ3n) is 4.85. The molecule has 122 valence electrons. The minimum Gasteiger partial charge on any atom is -0.383 e. The first kappa shape index (κ1) is 15.6. The van der Waals surface area contributed by atoms with E-state index in [0.717, 1.165) is 52.6 Å². The molecule has 7 nitrogen and oxygen atoms in total. The molecule has 21 heavy (non-hydrogen) atoms. The molecule has 3 heterocycles. The highest BCUT2D eigenvalue weighted by Crippen LogP contribution is 2.25. The van der Waals surface area contributed by atoms with Gasteiger partial charge in [-0.2, -0.15) is 0 Å². The Hall–Kier alpha value is -0.280. The number of methoxy groups -OCH3 is 1. The van der Waals surface area contributed by atoms with Crippen LogP contribution in [0.25, 0.3) is 0 Å². The van der Waals surface area contributed by atoms with Crippen molar-refractivity contribution in [2.45, 2.75) is 24.2 Å². The summed E-state index contributed by atoms with van der Waals surface area (Å²) in [6, 6.07) is 1.25. The molecule has 3 N–H and O–H groups in total. The molecule has 0 amide bonds. The van der Waals surface area contributed by atoms with Crippen molar-refractivity contribution in [3.8, 4) is 0 Å². The average Bonchev–Trinajstić information content (AvgIpc) is 2.47. The van der Waals surface area contributed by atoms with Crippen molar-refractivity contribution in [2.24, 2.45) is 5.73 Å². The van der Waals surface area contributed by atoms with Crippen LogP contribution in [0.5, 0.6) is 0 Å². The van der Waals surface area contributed by atoms with E-state index in [9.17, 15) is 0 Å². The second-order valence-electron chi connectivity index (χ2n) is 6.13. The van der Waals surface area contributed by atoms with E-state index in [1.54, 1.807) is 7.11 Å². The first-order valence-electron chi connectivity index (χ1n) is 7.92. The Morgan fingerprint density at radius 1 is 1.33 bits per heavy atom. The van der Waals surface area contributed by atoms with E-state index in [-0.39, 0.29) is 6.10 Å². The van der Waals surface area contributed by atoms with Gasteiger partial charge in [0.2, 0.25) is 0 Å².